The third-order valence-electron chi connectivity index (χ3n) is 4.51. The summed E-state index contributed by atoms with van der Waals surface area (Å²) >= 11 is 0. The fraction of sp³-hybridized carbons (Fsp3) is 0.400. The zero-order valence-corrected chi connectivity index (χ0v) is 13.3. The van der Waals surface area contributed by atoms with Crippen molar-refractivity contribution in [2.75, 3.05) is 6.54 Å². The van der Waals surface area contributed by atoms with Crippen LogP contribution in [0.3, 0.4) is 0 Å². The molecule has 1 N–H and O–H groups in total. The van der Waals surface area contributed by atoms with Gasteiger partial charge in [-0.2, -0.15) is 0 Å². The molecule has 1 aliphatic carbocycles. The van der Waals surface area contributed by atoms with E-state index in [0.717, 1.165) is 6.54 Å². The molecular weight excluding hydrogens is 254 g/mol. The summed E-state index contributed by atoms with van der Waals surface area (Å²) in [5, 5.41) is 3.78. The van der Waals surface area contributed by atoms with E-state index in [1.807, 2.05) is 0 Å². The molecule has 0 aliphatic heterocycles. The molecule has 0 bridgehead atoms. The molecule has 0 amide bonds. The van der Waals surface area contributed by atoms with Gasteiger partial charge in [0.05, 0.1) is 0 Å². The van der Waals surface area contributed by atoms with Crippen molar-refractivity contribution in [3.8, 4) is 0 Å². The molecular formula is C20H25N. The molecule has 0 saturated carbocycles. The number of aryl methyl sites for hydroxylation is 2. The normalized spacial score (nSPS) is 18.0. The third-order valence-corrected chi connectivity index (χ3v) is 4.51. The van der Waals surface area contributed by atoms with Crippen molar-refractivity contribution in [2.45, 2.75) is 45.6 Å². The Morgan fingerprint density at radius 3 is 2.48 bits per heavy atom. The van der Waals surface area contributed by atoms with Crippen molar-refractivity contribution in [3.63, 3.8) is 0 Å². The van der Waals surface area contributed by atoms with Crippen LogP contribution in [0.1, 0.15) is 53.1 Å². The number of hydrogen-bond donors (Lipinski definition) is 1. The predicted molar refractivity (Wildman–Crippen MR) is 89.8 cm³/mol. The Morgan fingerprint density at radius 2 is 1.81 bits per heavy atom. The minimum atomic E-state index is 0.443. The molecule has 0 spiro atoms. The molecule has 21 heavy (non-hydrogen) atoms. The number of nitrogens with one attached hydrogen (secondary N) is 1. The lowest BCUT2D eigenvalue weighted by Gasteiger charge is -2.37. The van der Waals surface area contributed by atoms with Gasteiger partial charge in [-0.05, 0) is 49.9 Å². The van der Waals surface area contributed by atoms with Gasteiger partial charge in [-0.25, -0.2) is 0 Å². The second-order valence-electron chi connectivity index (χ2n) is 6.36. The molecule has 2 aromatic carbocycles. The van der Waals surface area contributed by atoms with E-state index in [1.54, 1.807) is 0 Å². The zero-order valence-electron chi connectivity index (χ0n) is 13.3. The second-order valence-corrected chi connectivity index (χ2v) is 6.36. The van der Waals surface area contributed by atoms with Crippen LogP contribution in [0.25, 0.3) is 0 Å². The second kappa shape index (κ2) is 6.03. The zero-order chi connectivity index (χ0) is 14.8. The fourth-order valence-corrected chi connectivity index (χ4v) is 3.58. The topological polar surface area (TPSA) is 12.0 Å². The summed E-state index contributed by atoms with van der Waals surface area (Å²) in [4.78, 5) is 0. The molecule has 0 heterocycles. The van der Waals surface area contributed by atoms with E-state index in [-0.39, 0.29) is 0 Å². The molecule has 0 saturated heterocycles. The third kappa shape index (κ3) is 2.89. The van der Waals surface area contributed by atoms with Crippen LogP contribution in [-0.2, 0) is 6.42 Å². The molecule has 1 nitrogen and oxygen atoms in total. The van der Waals surface area contributed by atoms with Gasteiger partial charge in [-0.15, -0.1) is 0 Å². The summed E-state index contributed by atoms with van der Waals surface area (Å²) in [6.45, 7) is 7.71. The largest absolute Gasteiger partial charge is 0.309 e. The Hall–Kier alpha value is -1.60. The highest BCUT2D eigenvalue weighted by Gasteiger charge is 2.33. The lowest BCUT2D eigenvalue weighted by molar-refractivity contribution is 0.411. The van der Waals surface area contributed by atoms with Crippen LogP contribution in [0, 0.1) is 13.8 Å². The SMILES string of the molecule is CCCNC(c1cc(C)cc(C)c1)C1Cc2ccccc21. The van der Waals surface area contributed by atoms with E-state index in [2.05, 4.69) is 68.6 Å². The number of rotatable bonds is 5. The smallest absolute Gasteiger partial charge is 0.0393 e. The average molecular weight is 279 g/mol. The number of fused-ring (bicyclic) bond motifs is 1. The molecule has 0 fully saturated rings. The van der Waals surface area contributed by atoms with Gasteiger partial charge in [0.1, 0.15) is 0 Å². The highest BCUT2D eigenvalue weighted by molar-refractivity contribution is 5.44. The maximum absolute atomic E-state index is 3.78. The summed E-state index contributed by atoms with van der Waals surface area (Å²) in [5.74, 6) is 0.619. The van der Waals surface area contributed by atoms with Crippen LogP contribution in [0.2, 0.25) is 0 Å². The maximum atomic E-state index is 3.78. The van der Waals surface area contributed by atoms with Gasteiger partial charge in [0, 0.05) is 12.0 Å². The van der Waals surface area contributed by atoms with E-state index < -0.39 is 0 Å². The minimum Gasteiger partial charge on any atom is -0.309 e. The lowest BCUT2D eigenvalue weighted by atomic mass is 9.71. The number of benzene rings is 2. The van der Waals surface area contributed by atoms with Crippen LogP contribution in [0.5, 0.6) is 0 Å². The van der Waals surface area contributed by atoms with Crippen LogP contribution in [0.4, 0.5) is 0 Å². The standard InChI is InChI=1S/C20H25N/c1-4-9-21-20(17-11-14(2)10-15(3)12-17)19-13-16-7-5-6-8-18(16)19/h5-8,10-12,19-21H,4,9,13H2,1-3H3. The quantitative estimate of drug-likeness (QED) is 0.837. The van der Waals surface area contributed by atoms with E-state index in [0.29, 0.717) is 12.0 Å². The van der Waals surface area contributed by atoms with Gasteiger partial charge in [0.15, 0.2) is 0 Å². The summed E-state index contributed by atoms with van der Waals surface area (Å²) in [6.07, 6.45) is 2.38. The first kappa shape index (κ1) is 14.3. The minimum absolute atomic E-state index is 0.443. The summed E-state index contributed by atoms with van der Waals surface area (Å²) in [7, 11) is 0. The average Bonchev–Trinajstić information content (AvgIpc) is 2.42. The monoisotopic (exact) mass is 279 g/mol. The van der Waals surface area contributed by atoms with Crippen LogP contribution < -0.4 is 5.32 Å². The van der Waals surface area contributed by atoms with Gasteiger partial charge in [-0.3, -0.25) is 0 Å². The van der Waals surface area contributed by atoms with Gasteiger partial charge < -0.3 is 5.32 Å². The molecule has 1 heteroatoms. The Kier molecular flexibility index (Phi) is 4.12. The Balaban J connectivity index is 1.92. The molecule has 0 radical (unpaired) electrons. The van der Waals surface area contributed by atoms with Gasteiger partial charge in [0.2, 0.25) is 0 Å². The van der Waals surface area contributed by atoms with Gasteiger partial charge in [0.25, 0.3) is 0 Å². The first-order valence-electron chi connectivity index (χ1n) is 8.08. The first-order chi connectivity index (χ1) is 10.2. The molecule has 0 aromatic heterocycles. The lowest BCUT2D eigenvalue weighted by Crippen LogP contribution is -2.33. The molecule has 3 rings (SSSR count). The van der Waals surface area contributed by atoms with E-state index in [1.165, 1.54) is 40.7 Å². The van der Waals surface area contributed by atoms with Gasteiger partial charge in [-0.1, -0.05) is 60.5 Å². The van der Waals surface area contributed by atoms with E-state index in [4.69, 9.17) is 0 Å². The van der Waals surface area contributed by atoms with Crippen LogP contribution in [0.15, 0.2) is 42.5 Å². The molecule has 1 aliphatic rings. The predicted octanol–water partition coefficient (Wildman–Crippen LogP) is 4.68. The first-order valence-corrected chi connectivity index (χ1v) is 8.08. The van der Waals surface area contributed by atoms with Crippen molar-refractivity contribution in [3.05, 3.63) is 70.3 Å². The van der Waals surface area contributed by atoms with Crippen molar-refractivity contribution in [2.24, 2.45) is 0 Å². The molecule has 2 unspecified atom stereocenters. The Bertz CT molecular complexity index is 609. The summed E-state index contributed by atoms with van der Waals surface area (Å²) < 4.78 is 0. The molecule has 110 valence electrons. The maximum Gasteiger partial charge on any atom is 0.0393 e. The highest BCUT2D eigenvalue weighted by Crippen LogP contribution is 2.43. The summed E-state index contributed by atoms with van der Waals surface area (Å²) in [5.41, 5.74) is 7.22. The van der Waals surface area contributed by atoms with E-state index >= 15 is 0 Å². The fourth-order valence-electron chi connectivity index (χ4n) is 3.58. The molecule has 2 atom stereocenters. The van der Waals surface area contributed by atoms with Gasteiger partial charge >= 0.3 is 0 Å². The van der Waals surface area contributed by atoms with Crippen molar-refractivity contribution >= 4 is 0 Å². The summed E-state index contributed by atoms with van der Waals surface area (Å²) in [6, 6.07) is 16.3. The highest BCUT2D eigenvalue weighted by atomic mass is 14.9. The number of hydrogen-bond acceptors (Lipinski definition) is 1. The van der Waals surface area contributed by atoms with Crippen LogP contribution >= 0.6 is 0 Å². The molecule has 2 aromatic rings. The van der Waals surface area contributed by atoms with Crippen molar-refractivity contribution in [1.29, 1.82) is 0 Å². The van der Waals surface area contributed by atoms with Crippen molar-refractivity contribution < 1.29 is 0 Å². The Morgan fingerprint density at radius 1 is 1.10 bits per heavy atom. The van der Waals surface area contributed by atoms with E-state index in [9.17, 15) is 0 Å². The van der Waals surface area contributed by atoms with Crippen molar-refractivity contribution in [1.82, 2.24) is 5.32 Å². The Labute approximate surface area is 128 Å². The van der Waals surface area contributed by atoms with Crippen LogP contribution in [-0.4, -0.2) is 6.54 Å².